The predicted molar refractivity (Wildman–Crippen MR) is 149 cm³/mol. The molecule has 1 aliphatic rings. The van der Waals surface area contributed by atoms with E-state index in [0.29, 0.717) is 38.1 Å². The number of para-hydroxylation sites is 1. The number of anilines is 1. The maximum absolute atomic E-state index is 14.0. The molecule has 0 fully saturated rings. The summed E-state index contributed by atoms with van der Waals surface area (Å²) in [7, 11) is 0. The largest absolute Gasteiger partial charge is 0.451 e. The van der Waals surface area contributed by atoms with E-state index in [1.165, 1.54) is 9.44 Å². The predicted octanol–water partition coefficient (Wildman–Crippen LogP) is 6.16. The zero-order chi connectivity index (χ0) is 25.1. The van der Waals surface area contributed by atoms with Crippen LogP contribution in [0.15, 0.2) is 75.2 Å². The van der Waals surface area contributed by atoms with Crippen LogP contribution in [0.3, 0.4) is 0 Å². The van der Waals surface area contributed by atoms with Crippen LogP contribution in [0.1, 0.15) is 33.8 Å². The number of pyridine rings is 1. The maximum atomic E-state index is 14.0. The van der Waals surface area contributed by atoms with Gasteiger partial charge in [-0.1, -0.05) is 18.2 Å². The summed E-state index contributed by atoms with van der Waals surface area (Å²) >= 11 is 6.20. The summed E-state index contributed by atoms with van der Waals surface area (Å²) in [6, 6.07) is 16.4. The normalized spacial score (nSPS) is 13.3. The number of amides is 1. The molecular formula is C28H20N4O3S2. The number of thiophene rings is 1. The van der Waals surface area contributed by atoms with Crippen LogP contribution in [0.5, 0.6) is 0 Å². The molecule has 0 spiro atoms. The molecule has 0 atom stereocenters. The molecule has 1 amide bonds. The van der Waals surface area contributed by atoms with Crippen LogP contribution in [0.4, 0.5) is 5.69 Å². The second kappa shape index (κ2) is 8.57. The van der Waals surface area contributed by atoms with E-state index in [1.54, 1.807) is 35.7 Å². The first-order chi connectivity index (χ1) is 18.1. The lowest BCUT2D eigenvalue weighted by atomic mass is 9.97. The molecule has 37 heavy (non-hydrogen) atoms. The average Bonchev–Trinajstić information content (AvgIpc) is 3.51. The fourth-order valence-electron chi connectivity index (χ4n) is 5.14. The summed E-state index contributed by atoms with van der Waals surface area (Å²) in [5.41, 5.74) is 3.14. The van der Waals surface area contributed by atoms with E-state index < -0.39 is 5.91 Å². The number of aryl methyl sites for hydroxylation is 2. The lowest BCUT2D eigenvalue weighted by molar-refractivity contribution is 0.0999. The minimum atomic E-state index is -0.426. The van der Waals surface area contributed by atoms with Crippen molar-refractivity contribution in [2.75, 3.05) is 5.32 Å². The molecule has 0 bridgehead atoms. The van der Waals surface area contributed by atoms with Crippen LogP contribution >= 0.6 is 24.0 Å². The molecule has 1 aliphatic carbocycles. The number of hydrogen-bond acceptors (Lipinski definition) is 7. The number of hydrogen-bond donors (Lipinski definition) is 2. The molecule has 1 N–H and O–H groups in total. The van der Waals surface area contributed by atoms with Crippen molar-refractivity contribution in [2.45, 2.75) is 30.8 Å². The standard InChI is InChI=1S/C28H20N4O3S2/c33-25(21-14-15-6-1-3-9-20(15)35-21)30-24-16-8-5-13-29-18(16)11-12-19(24)32-27(34)23-17-7-2-4-10-22(17)37-26(23)31-28(32)36/h1,3,5-6,8-9,11-14H,2,4,7,10H2,(H,30,33)(H,31,36). The third-order valence-corrected chi connectivity index (χ3v) is 8.35. The summed E-state index contributed by atoms with van der Waals surface area (Å²) in [4.78, 5) is 38.5. The Kier molecular flexibility index (Phi) is 5.16. The van der Waals surface area contributed by atoms with Gasteiger partial charge >= 0.3 is 0 Å². The molecule has 0 aliphatic heterocycles. The lowest BCUT2D eigenvalue weighted by Gasteiger charge is -2.17. The summed E-state index contributed by atoms with van der Waals surface area (Å²) in [5.74, 6) is -0.253. The van der Waals surface area contributed by atoms with Crippen molar-refractivity contribution in [1.29, 1.82) is 0 Å². The third-order valence-electron chi connectivity index (χ3n) is 6.86. The Morgan fingerprint density at radius 3 is 2.84 bits per heavy atom. The number of carbonyl (C=O) groups excluding carboxylic acids is 1. The van der Waals surface area contributed by atoms with Crippen molar-refractivity contribution in [2.24, 2.45) is 0 Å². The number of thiol groups is 1. The van der Waals surface area contributed by atoms with Crippen molar-refractivity contribution in [3.8, 4) is 5.69 Å². The number of nitrogens with zero attached hydrogens (tertiary/aromatic N) is 3. The Balaban J connectivity index is 1.43. The number of aromatic nitrogens is 3. The smallest absolute Gasteiger partial charge is 0.291 e. The molecule has 0 saturated carbocycles. The molecule has 7 rings (SSSR count). The van der Waals surface area contributed by atoms with E-state index in [0.717, 1.165) is 36.6 Å². The highest BCUT2D eigenvalue weighted by atomic mass is 32.1. The van der Waals surface area contributed by atoms with Crippen molar-refractivity contribution in [3.63, 3.8) is 0 Å². The molecule has 2 aromatic carbocycles. The van der Waals surface area contributed by atoms with Gasteiger partial charge in [-0.2, -0.15) is 0 Å². The number of furan rings is 1. The quantitative estimate of drug-likeness (QED) is 0.214. The molecule has 0 saturated heterocycles. The fraction of sp³-hybridized carbons (Fsp3) is 0.143. The van der Waals surface area contributed by atoms with Gasteiger partial charge in [0.25, 0.3) is 11.5 Å². The Morgan fingerprint density at radius 2 is 1.95 bits per heavy atom. The van der Waals surface area contributed by atoms with Crippen molar-refractivity contribution < 1.29 is 9.21 Å². The van der Waals surface area contributed by atoms with Crippen LogP contribution < -0.4 is 10.9 Å². The average molecular weight is 525 g/mol. The Labute approximate surface area is 220 Å². The van der Waals surface area contributed by atoms with Crippen LogP contribution in [-0.2, 0) is 12.8 Å². The first-order valence-electron chi connectivity index (χ1n) is 12.0. The second-order valence-corrected chi connectivity index (χ2v) is 10.6. The molecule has 182 valence electrons. The van der Waals surface area contributed by atoms with E-state index in [-0.39, 0.29) is 16.5 Å². The van der Waals surface area contributed by atoms with Gasteiger partial charge in [0.1, 0.15) is 10.4 Å². The minimum Gasteiger partial charge on any atom is -0.451 e. The van der Waals surface area contributed by atoms with Crippen LogP contribution in [-0.4, -0.2) is 20.4 Å². The zero-order valence-corrected chi connectivity index (χ0v) is 21.2. The van der Waals surface area contributed by atoms with Crippen molar-refractivity contribution >= 4 is 67.6 Å². The first-order valence-corrected chi connectivity index (χ1v) is 13.3. The molecule has 7 nitrogen and oxygen atoms in total. The highest BCUT2D eigenvalue weighted by molar-refractivity contribution is 7.80. The second-order valence-electron chi connectivity index (χ2n) is 9.08. The monoisotopic (exact) mass is 524 g/mol. The molecule has 6 aromatic rings. The first kappa shape index (κ1) is 22.3. The molecular weight excluding hydrogens is 504 g/mol. The summed E-state index contributed by atoms with van der Waals surface area (Å²) in [5, 5.41) is 5.43. The fourth-order valence-corrected chi connectivity index (χ4v) is 6.76. The van der Waals surface area contributed by atoms with Gasteiger partial charge in [0.15, 0.2) is 10.9 Å². The van der Waals surface area contributed by atoms with Crippen molar-refractivity contribution in [3.05, 3.63) is 87.3 Å². The SMILES string of the molecule is O=C(Nc1c(-n2c(S)nc3sc4c(c3c2=O)CCCC4)ccc2ncccc12)c1cc2ccccc2o1. The van der Waals surface area contributed by atoms with E-state index in [1.807, 2.05) is 36.4 Å². The summed E-state index contributed by atoms with van der Waals surface area (Å²) < 4.78 is 7.27. The van der Waals surface area contributed by atoms with Gasteiger partial charge in [-0.05, 0) is 67.6 Å². The van der Waals surface area contributed by atoms with Gasteiger partial charge in [0.05, 0.1) is 22.3 Å². The molecule has 0 radical (unpaired) electrons. The number of benzene rings is 2. The molecule has 4 aromatic heterocycles. The van der Waals surface area contributed by atoms with E-state index >= 15 is 0 Å². The summed E-state index contributed by atoms with van der Waals surface area (Å²) in [6.45, 7) is 0. The van der Waals surface area contributed by atoms with Gasteiger partial charge in [0, 0.05) is 21.8 Å². The van der Waals surface area contributed by atoms with Gasteiger partial charge in [-0.25, -0.2) is 4.98 Å². The van der Waals surface area contributed by atoms with E-state index in [9.17, 15) is 9.59 Å². The van der Waals surface area contributed by atoms with Gasteiger partial charge in [0.2, 0.25) is 0 Å². The van der Waals surface area contributed by atoms with Crippen molar-refractivity contribution in [1.82, 2.24) is 14.5 Å². The Hall–Kier alpha value is -3.95. The number of rotatable bonds is 3. The zero-order valence-electron chi connectivity index (χ0n) is 19.5. The highest BCUT2D eigenvalue weighted by Gasteiger charge is 2.24. The van der Waals surface area contributed by atoms with E-state index in [4.69, 9.17) is 9.40 Å². The van der Waals surface area contributed by atoms with Gasteiger partial charge in [-0.15, -0.1) is 24.0 Å². The third kappa shape index (κ3) is 3.57. The Bertz CT molecular complexity index is 1900. The molecule has 0 unspecified atom stereocenters. The van der Waals surface area contributed by atoms with Gasteiger partial charge in [-0.3, -0.25) is 19.1 Å². The van der Waals surface area contributed by atoms with Crippen LogP contribution in [0, 0.1) is 0 Å². The summed E-state index contributed by atoms with van der Waals surface area (Å²) in [6.07, 6.45) is 5.71. The number of carbonyl (C=O) groups is 1. The molecule has 4 heterocycles. The minimum absolute atomic E-state index is 0.173. The van der Waals surface area contributed by atoms with Gasteiger partial charge < -0.3 is 9.73 Å². The topological polar surface area (TPSA) is 90.0 Å². The molecule has 9 heteroatoms. The number of fused-ring (bicyclic) bond motifs is 5. The van der Waals surface area contributed by atoms with Crippen LogP contribution in [0.2, 0.25) is 0 Å². The number of nitrogens with one attached hydrogen (secondary N) is 1. The highest BCUT2D eigenvalue weighted by Crippen LogP contribution is 2.36. The van der Waals surface area contributed by atoms with E-state index in [2.05, 4.69) is 22.9 Å². The Morgan fingerprint density at radius 1 is 1.08 bits per heavy atom. The maximum Gasteiger partial charge on any atom is 0.291 e. The lowest BCUT2D eigenvalue weighted by Crippen LogP contribution is -2.23. The van der Waals surface area contributed by atoms with Crippen LogP contribution in [0.25, 0.3) is 37.8 Å².